The molecule has 0 aromatic heterocycles. The summed E-state index contributed by atoms with van der Waals surface area (Å²) in [4.78, 5) is 15.0. The normalized spacial score (nSPS) is 23.9. The Morgan fingerprint density at radius 2 is 1.88 bits per heavy atom. The SMILES string of the molecule is N#Cc1cccc(Oc2ccc(C(=O)N[C@H]3CN4CCC3CC4)cc2)c1. The Balaban J connectivity index is 1.39. The first-order valence-electron chi connectivity index (χ1n) is 9.02. The molecule has 3 aliphatic heterocycles. The summed E-state index contributed by atoms with van der Waals surface area (Å²) in [5, 5.41) is 12.1. The van der Waals surface area contributed by atoms with E-state index in [0.29, 0.717) is 28.5 Å². The van der Waals surface area contributed by atoms with Crippen LogP contribution in [0.25, 0.3) is 0 Å². The van der Waals surface area contributed by atoms with Crippen molar-refractivity contribution >= 4 is 5.91 Å². The Hall–Kier alpha value is -2.84. The first-order valence-corrected chi connectivity index (χ1v) is 9.02. The van der Waals surface area contributed by atoms with Crippen LogP contribution in [0, 0.1) is 17.2 Å². The molecular formula is C21H21N3O2. The highest BCUT2D eigenvalue weighted by Crippen LogP contribution is 2.28. The maximum absolute atomic E-state index is 12.5. The van der Waals surface area contributed by atoms with Crippen LogP contribution >= 0.6 is 0 Å². The predicted octanol–water partition coefficient (Wildman–Crippen LogP) is 3.17. The fourth-order valence-corrected chi connectivity index (χ4v) is 3.82. The van der Waals surface area contributed by atoms with Gasteiger partial charge in [-0.15, -0.1) is 0 Å². The number of hydrogen-bond acceptors (Lipinski definition) is 4. The standard InChI is InChI=1S/C21H21N3O2/c22-13-15-2-1-3-19(12-15)26-18-6-4-17(5-7-18)21(25)23-20-14-24-10-8-16(20)9-11-24/h1-7,12,16,20H,8-11,14H2,(H,23,25)/t20-/m0/s1. The Labute approximate surface area is 153 Å². The van der Waals surface area contributed by atoms with E-state index in [0.717, 1.165) is 19.6 Å². The molecule has 2 aromatic rings. The smallest absolute Gasteiger partial charge is 0.251 e. The number of carbonyl (C=O) groups excluding carboxylic acids is 1. The number of nitriles is 1. The van der Waals surface area contributed by atoms with Gasteiger partial charge in [-0.1, -0.05) is 6.07 Å². The molecule has 3 saturated heterocycles. The summed E-state index contributed by atoms with van der Waals surface area (Å²) >= 11 is 0. The zero-order chi connectivity index (χ0) is 17.9. The van der Waals surface area contributed by atoms with Gasteiger partial charge in [0.05, 0.1) is 11.6 Å². The van der Waals surface area contributed by atoms with Gasteiger partial charge in [0.15, 0.2) is 0 Å². The molecule has 5 rings (SSSR count). The Kier molecular flexibility index (Phi) is 4.59. The maximum atomic E-state index is 12.5. The van der Waals surface area contributed by atoms with Gasteiger partial charge in [-0.25, -0.2) is 0 Å². The Bertz CT molecular complexity index is 833. The fourth-order valence-electron chi connectivity index (χ4n) is 3.82. The van der Waals surface area contributed by atoms with Crippen LogP contribution in [-0.4, -0.2) is 36.5 Å². The van der Waals surface area contributed by atoms with E-state index in [4.69, 9.17) is 10.00 Å². The molecule has 5 nitrogen and oxygen atoms in total. The molecule has 0 unspecified atom stereocenters. The average molecular weight is 347 g/mol. The Morgan fingerprint density at radius 3 is 2.54 bits per heavy atom. The van der Waals surface area contributed by atoms with Crippen LogP contribution in [0.2, 0.25) is 0 Å². The molecule has 5 heteroatoms. The zero-order valence-corrected chi connectivity index (χ0v) is 14.5. The summed E-state index contributed by atoms with van der Waals surface area (Å²) in [5.74, 6) is 1.83. The van der Waals surface area contributed by atoms with E-state index >= 15 is 0 Å². The first-order chi connectivity index (χ1) is 12.7. The van der Waals surface area contributed by atoms with Crippen LogP contribution in [0.3, 0.4) is 0 Å². The third-order valence-corrected chi connectivity index (χ3v) is 5.29. The number of carbonyl (C=O) groups is 1. The van der Waals surface area contributed by atoms with Gasteiger partial charge in [-0.3, -0.25) is 4.79 Å². The summed E-state index contributed by atoms with van der Waals surface area (Å²) in [5.41, 5.74) is 1.19. The van der Waals surface area contributed by atoms with E-state index in [1.54, 1.807) is 48.5 Å². The highest BCUT2D eigenvalue weighted by molar-refractivity contribution is 5.94. The molecule has 2 bridgehead atoms. The lowest BCUT2D eigenvalue weighted by Gasteiger charge is -2.44. The summed E-state index contributed by atoms with van der Waals surface area (Å²) in [6.45, 7) is 3.29. The van der Waals surface area contributed by atoms with Gasteiger partial charge in [0, 0.05) is 18.2 Å². The summed E-state index contributed by atoms with van der Waals surface area (Å²) in [7, 11) is 0. The number of ether oxygens (including phenoxy) is 1. The zero-order valence-electron chi connectivity index (χ0n) is 14.5. The van der Waals surface area contributed by atoms with E-state index in [-0.39, 0.29) is 11.9 Å². The molecule has 3 fully saturated rings. The molecule has 0 spiro atoms. The molecule has 1 amide bonds. The van der Waals surface area contributed by atoms with E-state index in [9.17, 15) is 4.79 Å². The third-order valence-electron chi connectivity index (χ3n) is 5.29. The summed E-state index contributed by atoms with van der Waals surface area (Å²) < 4.78 is 5.76. The fraction of sp³-hybridized carbons (Fsp3) is 0.333. The van der Waals surface area contributed by atoms with Crippen molar-refractivity contribution < 1.29 is 9.53 Å². The summed E-state index contributed by atoms with van der Waals surface area (Å²) in [6, 6.07) is 16.5. The van der Waals surface area contributed by atoms with Crippen LogP contribution < -0.4 is 10.1 Å². The van der Waals surface area contributed by atoms with Crippen molar-refractivity contribution in [2.45, 2.75) is 18.9 Å². The largest absolute Gasteiger partial charge is 0.457 e. The van der Waals surface area contributed by atoms with Gasteiger partial charge in [-0.2, -0.15) is 5.26 Å². The first kappa shape index (κ1) is 16.6. The topological polar surface area (TPSA) is 65.4 Å². The van der Waals surface area contributed by atoms with E-state index in [2.05, 4.69) is 16.3 Å². The van der Waals surface area contributed by atoms with Gasteiger partial charge in [0.1, 0.15) is 11.5 Å². The highest BCUT2D eigenvalue weighted by atomic mass is 16.5. The van der Waals surface area contributed by atoms with Crippen molar-refractivity contribution in [2.75, 3.05) is 19.6 Å². The van der Waals surface area contributed by atoms with E-state index < -0.39 is 0 Å². The molecule has 1 atom stereocenters. The van der Waals surface area contributed by atoms with Gasteiger partial charge < -0.3 is 15.0 Å². The average Bonchev–Trinajstić information content (AvgIpc) is 2.69. The molecular weight excluding hydrogens is 326 g/mol. The van der Waals surface area contributed by atoms with Crippen LogP contribution in [0.15, 0.2) is 48.5 Å². The van der Waals surface area contributed by atoms with Gasteiger partial charge >= 0.3 is 0 Å². The monoisotopic (exact) mass is 347 g/mol. The van der Waals surface area contributed by atoms with Crippen LogP contribution in [0.5, 0.6) is 11.5 Å². The van der Waals surface area contributed by atoms with Crippen molar-refractivity contribution in [1.82, 2.24) is 10.2 Å². The molecule has 0 aliphatic carbocycles. The minimum atomic E-state index is -0.0261. The van der Waals surface area contributed by atoms with Gasteiger partial charge in [0.25, 0.3) is 5.91 Å². The molecule has 0 saturated carbocycles. The number of amides is 1. The van der Waals surface area contributed by atoms with Crippen molar-refractivity contribution in [3.63, 3.8) is 0 Å². The minimum Gasteiger partial charge on any atom is -0.457 e. The number of rotatable bonds is 4. The molecule has 1 N–H and O–H groups in total. The predicted molar refractivity (Wildman–Crippen MR) is 98.1 cm³/mol. The van der Waals surface area contributed by atoms with Crippen molar-refractivity contribution in [2.24, 2.45) is 5.92 Å². The lowest BCUT2D eigenvalue weighted by Crippen LogP contribution is -2.57. The van der Waals surface area contributed by atoms with Gasteiger partial charge in [-0.05, 0) is 74.3 Å². The van der Waals surface area contributed by atoms with Crippen LogP contribution in [-0.2, 0) is 0 Å². The number of hydrogen-bond donors (Lipinski definition) is 1. The van der Waals surface area contributed by atoms with Crippen molar-refractivity contribution in [3.8, 4) is 17.6 Å². The number of nitrogens with zero attached hydrogens (tertiary/aromatic N) is 2. The molecule has 0 radical (unpaired) electrons. The molecule has 3 aliphatic rings. The molecule has 26 heavy (non-hydrogen) atoms. The second kappa shape index (κ2) is 7.19. The lowest BCUT2D eigenvalue weighted by molar-refractivity contribution is 0.0620. The second-order valence-corrected chi connectivity index (χ2v) is 6.98. The Morgan fingerprint density at radius 1 is 1.12 bits per heavy atom. The second-order valence-electron chi connectivity index (χ2n) is 6.98. The summed E-state index contributed by atoms with van der Waals surface area (Å²) in [6.07, 6.45) is 2.36. The number of nitrogens with one attached hydrogen (secondary N) is 1. The lowest BCUT2D eigenvalue weighted by atomic mass is 9.84. The quantitative estimate of drug-likeness (QED) is 0.922. The van der Waals surface area contributed by atoms with E-state index in [1.165, 1.54) is 12.8 Å². The highest BCUT2D eigenvalue weighted by Gasteiger charge is 2.34. The van der Waals surface area contributed by atoms with Gasteiger partial charge in [0.2, 0.25) is 0 Å². The van der Waals surface area contributed by atoms with Crippen molar-refractivity contribution in [1.29, 1.82) is 5.26 Å². The number of benzene rings is 2. The molecule has 3 heterocycles. The molecule has 132 valence electrons. The van der Waals surface area contributed by atoms with E-state index in [1.807, 2.05) is 0 Å². The molecule has 2 aromatic carbocycles. The minimum absolute atomic E-state index is 0.0261. The van der Waals surface area contributed by atoms with Crippen LogP contribution in [0.4, 0.5) is 0 Å². The van der Waals surface area contributed by atoms with Crippen LogP contribution in [0.1, 0.15) is 28.8 Å². The van der Waals surface area contributed by atoms with Crippen molar-refractivity contribution in [3.05, 3.63) is 59.7 Å². The number of piperidine rings is 3. The third kappa shape index (κ3) is 3.56. The maximum Gasteiger partial charge on any atom is 0.251 e. The number of fused-ring (bicyclic) bond motifs is 3.